The Morgan fingerprint density at radius 2 is 1.77 bits per heavy atom. The van der Waals surface area contributed by atoms with Gasteiger partial charge in [-0.05, 0) is 49.0 Å². The summed E-state index contributed by atoms with van der Waals surface area (Å²) in [6.45, 7) is 1.99. The van der Waals surface area contributed by atoms with Crippen molar-refractivity contribution in [1.82, 2.24) is 10.2 Å². The van der Waals surface area contributed by atoms with Crippen LogP contribution in [0.2, 0.25) is 0 Å². The molecule has 2 aromatic carbocycles. The standard InChI is InChI=1S/C23H25N3O4S/c1-15-20(22(29)25(2)3)21(24-23(31)26(15)17-7-5-4-6-8-17)16-9-11-18(12-10-16)30-14-13-19(27)28/h4-12,21H,13-14H2,1-3H3,(H,24,31)(H,27,28). The van der Waals surface area contributed by atoms with Crippen molar-refractivity contribution in [3.05, 3.63) is 71.4 Å². The molecule has 31 heavy (non-hydrogen) atoms. The van der Waals surface area contributed by atoms with Gasteiger partial charge in [0.05, 0.1) is 24.6 Å². The van der Waals surface area contributed by atoms with Gasteiger partial charge in [0.15, 0.2) is 5.11 Å². The zero-order chi connectivity index (χ0) is 22.5. The van der Waals surface area contributed by atoms with E-state index in [-0.39, 0.29) is 18.9 Å². The second-order valence-corrected chi connectivity index (χ2v) is 7.70. The third-order valence-electron chi connectivity index (χ3n) is 4.93. The number of nitrogens with zero attached hydrogens (tertiary/aromatic N) is 2. The summed E-state index contributed by atoms with van der Waals surface area (Å²) < 4.78 is 5.47. The number of aliphatic carboxylic acids is 1. The van der Waals surface area contributed by atoms with Crippen molar-refractivity contribution in [3.8, 4) is 5.75 Å². The molecule has 7 nitrogen and oxygen atoms in total. The maximum atomic E-state index is 13.1. The molecule has 0 spiro atoms. The van der Waals surface area contributed by atoms with E-state index in [0.29, 0.717) is 16.4 Å². The fourth-order valence-corrected chi connectivity index (χ4v) is 3.77. The number of carbonyl (C=O) groups excluding carboxylic acids is 1. The lowest BCUT2D eigenvalue weighted by Gasteiger charge is -2.38. The van der Waals surface area contributed by atoms with E-state index in [9.17, 15) is 9.59 Å². The molecule has 1 heterocycles. The third-order valence-corrected chi connectivity index (χ3v) is 5.23. The first-order valence-corrected chi connectivity index (χ1v) is 10.2. The number of thiocarbonyl (C=S) groups is 1. The number of benzene rings is 2. The number of amides is 1. The van der Waals surface area contributed by atoms with Crippen molar-refractivity contribution < 1.29 is 19.4 Å². The monoisotopic (exact) mass is 439 g/mol. The van der Waals surface area contributed by atoms with Crippen LogP contribution in [0.3, 0.4) is 0 Å². The first-order valence-electron chi connectivity index (χ1n) is 9.82. The summed E-state index contributed by atoms with van der Waals surface area (Å²) in [6.07, 6.45) is -0.0705. The van der Waals surface area contributed by atoms with Crippen LogP contribution in [0.15, 0.2) is 65.9 Å². The normalized spacial score (nSPS) is 16.0. The molecule has 0 saturated carbocycles. The highest BCUT2D eigenvalue weighted by Gasteiger charge is 2.35. The number of allylic oxidation sites excluding steroid dienone is 1. The van der Waals surface area contributed by atoms with E-state index in [1.54, 1.807) is 31.1 Å². The Bertz CT molecular complexity index is 1000. The first kappa shape index (κ1) is 22.3. The second kappa shape index (κ2) is 9.61. The van der Waals surface area contributed by atoms with Crippen molar-refractivity contribution >= 4 is 34.9 Å². The summed E-state index contributed by atoms with van der Waals surface area (Å²) in [6, 6.07) is 16.5. The van der Waals surface area contributed by atoms with Crippen molar-refractivity contribution in [1.29, 1.82) is 0 Å². The minimum atomic E-state index is -0.910. The van der Waals surface area contributed by atoms with E-state index in [2.05, 4.69) is 5.32 Å². The van der Waals surface area contributed by atoms with Gasteiger partial charge in [-0.25, -0.2) is 0 Å². The molecule has 0 radical (unpaired) electrons. The number of anilines is 1. The van der Waals surface area contributed by atoms with Crippen LogP contribution < -0.4 is 15.0 Å². The van der Waals surface area contributed by atoms with E-state index in [0.717, 1.165) is 16.9 Å². The van der Waals surface area contributed by atoms with E-state index < -0.39 is 12.0 Å². The van der Waals surface area contributed by atoms with Gasteiger partial charge in [0, 0.05) is 25.5 Å². The van der Waals surface area contributed by atoms with Crippen molar-refractivity contribution in [2.45, 2.75) is 19.4 Å². The number of carboxylic acids is 1. The van der Waals surface area contributed by atoms with Crippen LogP contribution in [-0.4, -0.2) is 47.7 Å². The first-order chi connectivity index (χ1) is 14.8. The molecule has 162 valence electrons. The van der Waals surface area contributed by atoms with Crippen LogP contribution in [0.25, 0.3) is 0 Å². The third kappa shape index (κ3) is 5.03. The van der Waals surface area contributed by atoms with Gasteiger partial charge < -0.3 is 20.1 Å². The summed E-state index contributed by atoms with van der Waals surface area (Å²) in [4.78, 5) is 27.2. The van der Waals surface area contributed by atoms with Gasteiger partial charge in [0.2, 0.25) is 0 Å². The van der Waals surface area contributed by atoms with Crippen LogP contribution in [0.1, 0.15) is 24.9 Å². The van der Waals surface area contributed by atoms with Gasteiger partial charge in [0.25, 0.3) is 5.91 Å². The summed E-state index contributed by atoms with van der Waals surface area (Å²) in [5.41, 5.74) is 3.09. The number of nitrogens with one attached hydrogen (secondary N) is 1. The Labute approximate surface area is 186 Å². The molecule has 0 aliphatic carbocycles. The highest BCUT2D eigenvalue weighted by Crippen LogP contribution is 2.34. The van der Waals surface area contributed by atoms with Crippen LogP contribution in [0.5, 0.6) is 5.75 Å². The molecular weight excluding hydrogens is 414 g/mol. The van der Waals surface area contributed by atoms with Crippen molar-refractivity contribution in [2.75, 3.05) is 25.6 Å². The Morgan fingerprint density at radius 1 is 1.13 bits per heavy atom. The van der Waals surface area contributed by atoms with Gasteiger partial charge >= 0.3 is 5.97 Å². The second-order valence-electron chi connectivity index (χ2n) is 7.31. The minimum Gasteiger partial charge on any atom is -0.493 e. The molecule has 0 saturated heterocycles. The number of rotatable bonds is 7. The maximum Gasteiger partial charge on any atom is 0.306 e. The number of para-hydroxylation sites is 1. The number of ether oxygens (including phenoxy) is 1. The maximum absolute atomic E-state index is 13.1. The molecule has 1 aliphatic heterocycles. The summed E-state index contributed by atoms with van der Waals surface area (Å²) in [5, 5.41) is 12.6. The predicted molar refractivity (Wildman–Crippen MR) is 123 cm³/mol. The van der Waals surface area contributed by atoms with Gasteiger partial charge in [-0.3, -0.25) is 14.5 Å². The molecule has 1 aliphatic rings. The minimum absolute atomic E-state index is 0.0705. The Balaban J connectivity index is 1.95. The average Bonchev–Trinajstić information content (AvgIpc) is 2.74. The number of hydrogen-bond donors (Lipinski definition) is 2. The number of carbonyl (C=O) groups is 2. The van der Waals surface area contributed by atoms with Gasteiger partial charge in [0.1, 0.15) is 5.75 Å². The van der Waals surface area contributed by atoms with Crippen molar-refractivity contribution in [3.63, 3.8) is 0 Å². The SMILES string of the molecule is CC1=C(C(=O)N(C)C)C(c2ccc(OCCC(=O)O)cc2)NC(=S)N1c1ccccc1. The molecule has 2 N–H and O–H groups in total. The molecule has 1 atom stereocenters. The number of hydrogen-bond acceptors (Lipinski definition) is 4. The Kier molecular flexibility index (Phi) is 6.91. The molecule has 2 aromatic rings. The molecular formula is C23H25N3O4S. The Morgan fingerprint density at radius 3 is 2.35 bits per heavy atom. The zero-order valence-electron chi connectivity index (χ0n) is 17.7. The van der Waals surface area contributed by atoms with Crippen LogP contribution in [-0.2, 0) is 9.59 Å². The lowest BCUT2D eigenvalue weighted by molar-refractivity contribution is -0.137. The summed E-state index contributed by atoms with van der Waals surface area (Å²) in [7, 11) is 3.44. The summed E-state index contributed by atoms with van der Waals surface area (Å²) >= 11 is 5.65. The molecule has 1 amide bonds. The zero-order valence-corrected chi connectivity index (χ0v) is 18.5. The quantitative estimate of drug-likeness (QED) is 0.641. The van der Waals surface area contributed by atoms with E-state index >= 15 is 0 Å². The van der Waals surface area contributed by atoms with Gasteiger partial charge in [-0.1, -0.05) is 30.3 Å². The molecule has 0 aromatic heterocycles. The fraction of sp³-hybridized carbons (Fsp3) is 0.261. The van der Waals surface area contributed by atoms with Crippen LogP contribution in [0.4, 0.5) is 5.69 Å². The molecule has 3 rings (SSSR count). The highest BCUT2D eigenvalue weighted by molar-refractivity contribution is 7.80. The number of carboxylic acid groups (broad SMARTS) is 1. The molecule has 0 bridgehead atoms. The predicted octanol–water partition coefficient (Wildman–Crippen LogP) is 3.34. The molecule has 1 unspecified atom stereocenters. The van der Waals surface area contributed by atoms with Gasteiger partial charge in [-0.2, -0.15) is 0 Å². The summed E-state index contributed by atoms with van der Waals surface area (Å²) in [5.74, 6) is -0.456. The van der Waals surface area contributed by atoms with E-state index in [1.165, 1.54) is 0 Å². The van der Waals surface area contributed by atoms with E-state index in [1.807, 2.05) is 54.3 Å². The van der Waals surface area contributed by atoms with Gasteiger partial charge in [-0.15, -0.1) is 0 Å². The Hall–Kier alpha value is -3.39. The lowest BCUT2D eigenvalue weighted by atomic mass is 9.93. The fourth-order valence-electron chi connectivity index (χ4n) is 3.41. The smallest absolute Gasteiger partial charge is 0.306 e. The van der Waals surface area contributed by atoms with Crippen molar-refractivity contribution in [2.24, 2.45) is 0 Å². The largest absolute Gasteiger partial charge is 0.493 e. The topological polar surface area (TPSA) is 82.1 Å². The molecule has 0 fully saturated rings. The highest BCUT2D eigenvalue weighted by atomic mass is 32.1. The van der Waals surface area contributed by atoms with Crippen LogP contribution >= 0.6 is 12.2 Å². The lowest BCUT2D eigenvalue weighted by Crippen LogP contribution is -2.49. The average molecular weight is 440 g/mol. The van der Waals surface area contributed by atoms with E-state index in [4.69, 9.17) is 22.1 Å². The molecule has 8 heteroatoms. The number of likely N-dealkylation sites (N-methyl/N-ethyl adjacent to an activating group) is 1. The van der Waals surface area contributed by atoms with Crippen LogP contribution in [0, 0.1) is 0 Å².